The summed E-state index contributed by atoms with van der Waals surface area (Å²) in [5, 5.41) is 50.2. The number of phosphoric acid groups is 1. The molecule has 1 rings (SSSR count). The van der Waals surface area contributed by atoms with Gasteiger partial charge in [0.05, 0.1) is 6.61 Å². The Hall–Kier alpha value is -1.41. The average Bonchev–Trinajstić information content (AvgIpc) is 3.28. The highest BCUT2D eigenvalue weighted by Crippen LogP contribution is 2.47. The van der Waals surface area contributed by atoms with Gasteiger partial charge < -0.3 is 39.9 Å². The van der Waals surface area contributed by atoms with Crippen LogP contribution in [0, 0.1) is 0 Å². The Morgan fingerprint density at radius 1 is 0.469 bits per heavy atom. The predicted octanol–water partition coefficient (Wildman–Crippen LogP) is 11.0. The van der Waals surface area contributed by atoms with E-state index in [1.165, 1.54) is 141 Å². The molecule has 13 nitrogen and oxygen atoms in total. The number of hydrogen-bond donors (Lipinski definition) is 6. The van der Waals surface area contributed by atoms with Gasteiger partial charge in [-0.3, -0.25) is 18.6 Å². The van der Waals surface area contributed by atoms with Crippen LogP contribution in [0.15, 0.2) is 12.2 Å². The number of hydrogen-bond acceptors (Lipinski definition) is 12. The van der Waals surface area contributed by atoms with Crippen LogP contribution in [0.3, 0.4) is 0 Å². The number of carbonyl (C=O) groups excluding carboxylic acids is 2. The molecule has 0 saturated heterocycles. The molecule has 0 aromatic carbocycles. The topological polar surface area (TPSA) is 210 Å². The van der Waals surface area contributed by atoms with Gasteiger partial charge in [0.1, 0.15) is 43.2 Å². The smallest absolute Gasteiger partial charge is 0.462 e. The van der Waals surface area contributed by atoms with Crippen LogP contribution in [-0.4, -0.2) is 98.3 Å². The van der Waals surface area contributed by atoms with Crippen molar-refractivity contribution in [1.82, 2.24) is 0 Å². The first kappa shape index (κ1) is 60.6. The molecule has 1 saturated carbocycles. The van der Waals surface area contributed by atoms with E-state index in [9.17, 15) is 44.6 Å². The molecule has 0 amide bonds. The fraction of sp³-hybridized carbons (Fsp3) is 0.920. The summed E-state index contributed by atoms with van der Waals surface area (Å²) < 4.78 is 33.6. The molecule has 0 heterocycles. The first-order valence-electron chi connectivity index (χ1n) is 26.0. The lowest BCUT2D eigenvalue weighted by Gasteiger charge is -2.41. The van der Waals surface area contributed by atoms with Gasteiger partial charge in [-0.1, -0.05) is 199 Å². The van der Waals surface area contributed by atoms with E-state index in [0.29, 0.717) is 12.8 Å². The number of unbranched alkanes of at least 4 members (excludes halogenated alkanes) is 30. The van der Waals surface area contributed by atoms with Crippen molar-refractivity contribution in [3.8, 4) is 0 Å². The Labute approximate surface area is 388 Å². The van der Waals surface area contributed by atoms with Gasteiger partial charge in [0.25, 0.3) is 0 Å². The van der Waals surface area contributed by atoms with E-state index >= 15 is 0 Å². The molecule has 1 aliphatic carbocycles. The molecule has 1 aliphatic rings. The molecule has 0 aromatic rings. The van der Waals surface area contributed by atoms with E-state index in [1.54, 1.807) is 0 Å². The third kappa shape index (κ3) is 32.3. The first-order valence-corrected chi connectivity index (χ1v) is 27.5. The highest BCUT2D eigenvalue weighted by atomic mass is 31.2. The monoisotopic (exact) mass is 935 g/mol. The molecule has 0 aliphatic heterocycles. The summed E-state index contributed by atoms with van der Waals surface area (Å²) in [6.07, 6.45) is 31.2. The first-order chi connectivity index (χ1) is 30.9. The number of rotatable bonds is 44. The maximum atomic E-state index is 12.8. The molecule has 14 heteroatoms. The van der Waals surface area contributed by atoms with Crippen molar-refractivity contribution in [3.05, 3.63) is 12.2 Å². The zero-order valence-corrected chi connectivity index (χ0v) is 41.2. The van der Waals surface area contributed by atoms with Gasteiger partial charge in [-0.15, -0.1) is 0 Å². The number of aliphatic hydroxyl groups excluding tert-OH is 5. The van der Waals surface area contributed by atoms with Crippen molar-refractivity contribution in [1.29, 1.82) is 0 Å². The number of ether oxygens (including phenoxy) is 2. The summed E-state index contributed by atoms with van der Waals surface area (Å²) in [5.41, 5.74) is 0. The van der Waals surface area contributed by atoms with E-state index in [2.05, 4.69) is 26.0 Å². The second-order valence-electron chi connectivity index (χ2n) is 18.4. The van der Waals surface area contributed by atoms with Gasteiger partial charge in [0.2, 0.25) is 0 Å². The number of esters is 2. The Bertz CT molecular complexity index is 1170. The van der Waals surface area contributed by atoms with Crippen LogP contribution in [-0.2, 0) is 32.7 Å². The second kappa shape index (κ2) is 40.6. The molecule has 378 valence electrons. The number of aliphatic hydroxyl groups is 5. The maximum absolute atomic E-state index is 12.8. The van der Waals surface area contributed by atoms with E-state index in [0.717, 1.165) is 57.8 Å². The van der Waals surface area contributed by atoms with Crippen LogP contribution < -0.4 is 0 Å². The van der Waals surface area contributed by atoms with Crippen molar-refractivity contribution in [2.45, 2.75) is 281 Å². The average molecular weight is 935 g/mol. The quantitative estimate of drug-likeness (QED) is 0.0146. The Kier molecular flexibility index (Phi) is 38.5. The van der Waals surface area contributed by atoms with E-state index in [-0.39, 0.29) is 12.8 Å². The maximum Gasteiger partial charge on any atom is 0.472 e. The lowest BCUT2D eigenvalue weighted by atomic mass is 9.85. The molecule has 0 aromatic heterocycles. The molecule has 64 heavy (non-hydrogen) atoms. The van der Waals surface area contributed by atoms with Crippen molar-refractivity contribution in [2.75, 3.05) is 13.2 Å². The van der Waals surface area contributed by atoms with Crippen LogP contribution >= 0.6 is 7.82 Å². The standard InChI is InChI=1S/C50H95O13P/c1-3-5-7-9-11-13-15-17-19-20-21-22-23-24-25-27-29-31-33-35-37-39-44(52)62-42(41-61-64(58,59)63-50-48(56)46(54)45(53)47(55)49(50)57)40-60-43(51)38-36-34-32-30-28-26-18-16-14-12-10-8-6-4-2/h16,18,42,45-50,53-57H,3-15,17,19-41H2,1-2H3,(H,58,59)/b18-16+/t42-,45?,46-,47?,48?,49?,50?/m1/s1. The highest BCUT2D eigenvalue weighted by molar-refractivity contribution is 7.47. The van der Waals surface area contributed by atoms with Crippen LogP contribution in [0.5, 0.6) is 0 Å². The van der Waals surface area contributed by atoms with Crippen molar-refractivity contribution in [2.24, 2.45) is 0 Å². The number of phosphoric ester groups is 1. The van der Waals surface area contributed by atoms with Crippen LogP contribution in [0.1, 0.15) is 239 Å². The molecule has 0 bridgehead atoms. The van der Waals surface area contributed by atoms with Crippen molar-refractivity contribution in [3.63, 3.8) is 0 Å². The molecule has 6 unspecified atom stereocenters. The van der Waals surface area contributed by atoms with Crippen LogP contribution in [0.2, 0.25) is 0 Å². The van der Waals surface area contributed by atoms with Crippen molar-refractivity contribution >= 4 is 19.8 Å². The fourth-order valence-corrected chi connectivity index (χ4v) is 9.14. The molecular formula is C50H95O13P. The lowest BCUT2D eigenvalue weighted by Crippen LogP contribution is -2.64. The zero-order chi connectivity index (χ0) is 47.1. The predicted molar refractivity (Wildman–Crippen MR) is 254 cm³/mol. The lowest BCUT2D eigenvalue weighted by molar-refractivity contribution is -0.220. The summed E-state index contributed by atoms with van der Waals surface area (Å²) in [6, 6.07) is 0. The minimum atomic E-state index is -5.12. The number of allylic oxidation sites excluding steroid dienone is 2. The van der Waals surface area contributed by atoms with Gasteiger partial charge in [0.15, 0.2) is 6.10 Å². The molecule has 0 spiro atoms. The summed E-state index contributed by atoms with van der Waals surface area (Å²) in [7, 11) is -5.12. The minimum Gasteiger partial charge on any atom is -0.462 e. The second-order valence-corrected chi connectivity index (χ2v) is 19.8. The molecule has 6 N–H and O–H groups in total. The normalized spacial score (nSPS) is 21.6. The molecular weight excluding hydrogens is 840 g/mol. The minimum absolute atomic E-state index is 0.101. The third-order valence-electron chi connectivity index (χ3n) is 12.4. The van der Waals surface area contributed by atoms with Gasteiger partial charge in [-0.2, -0.15) is 0 Å². The molecule has 1 fully saturated rings. The SMILES string of the molecule is CCCCCCC/C=C/CCCCCCCC(=O)OC[C@H](COP(=O)(O)OC1C(O)C(O)C(O)[C@@H](O)C1O)OC(=O)CCCCCCCCCCCCCCCCCCCCCCC. The number of carbonyl (C=O) groups is 2. The van der Waals surface area contributed by atoms with Gasteiger partial charge >= 0.3 is 19.8 Å². The van der Waals surface area contributed by atoms with Crippen molar-refractivity contribution < 1.29 is 63.1 Å². The fourth-order valence-electron chi connectivity index (χ4n) is 8.17. The van der Waals surface area contributed by atoms with Gasteiger partial charge in [-0.25, -0.2) is 4.57 Å². The van der Waals surface area contributed by atoms with E-state index in [4.69, 9.17) is 18.5 Å². The summed E-state index contributed by atoms with van der Waals surface area (Å²) in [5.74, 6) is -1.10. The summed E-state index contributed by atoms with van der Waals surface area (Å²) >= 11 is 0. The van der Waals surface area contributed by atoms with E-state index < -0.39 is 75.7 Å². The largest absolute Gasteiger partial charge is 0.472 e. The Morgan fingerprint density at radius 3 is 1.19 bits per heavy atom. The Balaban J connectivity index is 2.37. The summed E-state index contributed by atoms with van der Waals surface area (Å²) in [6.45, 7) is 3.32. The molecule has 8 atom stereocenters. The third-order valence-corrected chi connectivity index (χ3v) is 13.3. The van der Waals surface area contributed by atoms with Gasteiger partial charge in [0, 0.05) is 12.8 Å². The van der Waals surface area contributed by atoms with Gasteiger partial charge in [-0.05, 0) is 38.5 Å². The van der Waals surface area contributed by atoms with E-state index in [1.807, 2.05) is 0 Å². The highest BCUT2D eigenvalue weighted by Gasteiger charge is 2.51. The summed E-state index contributed by atoms with van der Waals surface area (Å²) in [4.78, 5) is 35.8. The Morgan fingerprint density at radius 2 is 0.797 bits per heavy atom. The van der Waals surface area contributed by atoms with Crippen LogP contribution in [0.4, 0.5) is 0 Å². The van der Waals surface area contributed by atoms with Crippen LogP contribution in [0.25, 0.3) is 0 Å². The molecule has 0 radical (unpaired) electrons. The zero-order valence-electron chi connectivity index (χ0n) is 40.3.